The van der Waals surface area contributed by atoms with Gasteiger partial charge in [0.05, 0.1) is 12.6 Å². The van der Waals surface area contributed by atoms with Gasteiger partial charge >= 0.3 is 0 Å². The second-order valence-corrected chi connectivity index (χ2v) is 13.1. The van der Waals surface area contributed by atoms with Gasteiger partial charge in [-0.1, -0.05) is 184 Å². The number of nitrogens with one attached hydrogen (secondary N) is 1. The minimum absolute atomic E-state index is 0.187. The van der Waals surface area contributed by atoms with Gasteiger partial charge in [-0.3, -0.25) is 5.01 Å². The molecule has 0 saturated carbocycles. The Morgan fingerprint density at radius 2 is 1.17 bits per heavy atom. The fourth-order valence-corrected chi connectivity index (χ4v) is 6.53. The third-order valence-electron chi connectivity index (χ3n) is 9.28. The highest BCUT2D eigenvalue weighted by Crippen LogP contribution is 2.42. The monoisotopic (exact) mass is 703 g/mol. The van der Waals surface area contributed by atoms with Crippen LogP contribution in [-0.2, 0) is 28.2 Å². The zero-order valence-corrected chi connectivity index (χ0v) is 30.7. The summed E-state index contributed by atoms with van der Waals surface area (Å²) in [6, 6.07) is 56.9. The van der Waals surface area contributed by atoms with E-state index in [1.54, 1.807) is 12.1 Å². The van der Waals surface area contributed by atoms with Gasteiger partial charge in [0, 0.05) is 19.2 Å². The van der Waals surface area contributed by atoms with Crippen LogP contribution in [0, 0.1) is 5.92 Å². The summed E-state index contributed by atoms with van der Waals surface area (Å²) in [6.07, 6.45) is 0.974. The molecule has 7 heteroatoms. The van der Waals surface area contributed by atoms with E-state index in [0.29, 0.717) is 19.0 Å². The van der Waals surface area contributed by atoms with E-state index in [-0.39, 0.29) is 12.0 Å². The van der Waals surface area contributed by atoms with E-state index >= 15 is 0 Å². The SMILES string of the molecule is CC(C)C(C=O)NCc1ccc(-c2ccccc2/C(=N/N)N(N)C(c2ccccc2)(c2ccccc2)c2ccccc2)cc1.COCc1ccccc1. The first kappa shape index (κ1) is 38.4. The van der Waals surface area contributed by atoms with Gasteiger partial charge in [0.1, 0.15) is 11.8 Å². The highest BCUT2D eigenvalue weighted by Gasteiger charge is 2.43. The van der Waals surface area contributed by atoms with Crippen molar-refractivity contribution in [2.75, 3.05) is 7.11 Å². The van der Waals surface area contributed by atoms with Crippen LogP contribution in [0.3, 0.4) is 0 Å². The molecule has 0 saturated heterocycles. The van der Waals surface area contributed by atoms with Crippen molar-refractivity contribution >= 4 is 12.1 Å². The molecule has 0 amide bonds. The van der Waals surface area contributed by atoms with Gasteiger partial charge in [-0.25, -0.2) is 5.84 Å². The number of nitrogens with two attached hydrogens (primary N) is 2. The number of hydrazone groups is 1. The molecule has 0 aromatic heterocycles. The molecule has 6 aromatic rings. The fraction of sp³-hybridized carbons (Fsp3) is 0.174. The van der Waals surface area contributed by atoms with E-state index in [9.17, 15) is 4.79 Å². The van der Waals surface area contributed by atoms with E-state index in [0.717, 1.165) is 45.2 Å². The lowest BCUT2D eigenvalue weighted by Crippen LogP contribution is -2.55. The smallest absolute Gasteiger partial charge is 0.171 e. The molecule has 0 radical (unpaired) electrons. The maximum atomic E-state index is 11.4. The highest BCUT2D eigenvalue weighted by molar-refractivity contribution is 6.05. The number of carbonyl (C=O) groups excluding carboxylic acids is 1. The van der Waals surface area contributed by atoms with Crippen molar-refractivity contribution in [3.05, 3.63) is 203 Å². The summed E-state index contributed by atoms with van der Waals surface area (Å²) in [5.41, 5.74) is 7.04. The van der Waals surface area contributed by atoms with Crippen molar-refractivity contribution in [1.82, 2.24) is 10.3 Å². The normalized spacial score (nSPS) is 12.1. The molecule has 0 spiro atoms. The summed E-state index contributed by atoms with van der Waals surface area (Å²) in [7, 11) is 1.70. The molecule has 0 aliphatic heterocycles. The zero-order valence-electron chi connectivity index (χ0n) is 30.7. The van der Waals surface area contributed by atoms with Gasteiger partial charge in [-0.15, -0.1) is 0 Å². The van der Waals surface area contributed by atoms with Gasteiger partial charge < -0.3 is 20.7 Å². The molecular weight excluding hydrogens is 655 g/mol. The van der Waals surface area contributed by atoms with Crippen molar-refractivity contribution in [2.24, 2.45) is 22.7 Å². The van der Waals surface area contributed by atoms with E-state index in [1.807, 2.05) is 117 Å². The van der Waals surface area contributed by atoms with Gasteiger partial charge in [0.2, 0.25) is 0 Å². The Morgan fingerprint density at radius 3 is 1.62 bits per heavy atom. The summed E-state index contributed by atoms with van der Waals surface area (Å²) in [5.74, 6) is 14.2. The Kier molecular flexibility index (Phi) is 13.8. The van der Waals surface area contributed by atoms with Gasteiger partial charge in [0.25, 0.3) is 0 Å². The third-order valence-corrected chi connectivity index (χ3v) is 9.28. The predicted octanol–water partition coefficient (Wildman–Crippen LogP) is 8.29. The predicted molar refractivity (Wildman–Crippen MR) is 217 cm³/mol. The van der Waals surface area contributed by atoms with E-state index in [2.05, 4.69) is 77.1 Å². The lowest BCUT2D eigenvalue weighted by molar-refractivity contribution is -0.110. The maximum absolute atomic E-state index is 11.4. The lowest BCUT2D eigenvalue weighted by Gasteiger charge is -2.44. The molecular formula is C46H49N5O2. The van der Waals surface area contributed by atoms with Crippen molar-refractivity contribution in [1.29, 1.82) is 0 Å². The summed E-state index contributed by atoms with van der Waals surface area (Å²) < 4.78 is 4.93. The van der Waals surface area contributed by atoms with Crippen LogP contribution in [0.15, 0.2) is 175 Å². The van der Waals surface area contributed by atoms with Crippen LogP contribution in [0.5, 0.6) is 0 Å². The third kappa shape index (κ3) is 9.15. The number of aldehydes is 1. The van der Waals surface area contributed by atoms with E-state index < -0.39 is 5.54 Å². The minimum Gasteiger partial charge on any atom is -0.380 e. The van der Waals surface area contributed by atoms with Crippen LogP contribution in [0.4, 0.5) is 0 Å². The summed E-state index contributed by atoms with van der Waals surface area (Å²) in [5, 5.41) is 9.39. The number of rotatable bonds is 13. The number of benzene rings is 6. The zero-order chi connectivity index (χ0) is 37.5. The van der Waals surface area contributed by atoms with Gasteiger partial charge in [-0.2, -0.15) is 5.10 Å². The van der Waals surface area contributed by atoms with Crippen LogP contribution >= 0.6 is 0 Å². The molecule has 0 heterocycles. The van der Waals surface area contributed by atoms with Crippen LogP contribution < -0.4 is 17.0 Å². The number of methoxy groups -OCH3 is 1. The van der Waals surface area contributed by atoms with Crippen molar-refractivity contribution in [2.45, 2.75) is 38.6 Å². The molecule has 5 N–H and O–H groups in total. The second kappa shape index (κ2) is 19.1. The van der Waals surface area contributed by atoms with Crippen LogP contribution in [-0.4, -0.2) is 30.3 Å². The standard InChI is InChI=1S/C38H39N5O.C8H10O/c1-28(2)36(27-44)41-26-29-22-24-30(25-23-29)34-20-12-13-21-35(34)37(42-39)43(40)38(31-14-6-3-7-15-31,32-16-8-4-9-17-32)33-18-10-5-11-19-33;1-9-7-8-5-3-2-4-6-8/h3-25,27-28,36,41H,26,39-40H2,1-2H3;2-6H,7H2,1H3/b42-37-;. The Bertz CT molecular complexity index is 1910. The maximum Gasteiger partial charge on any atom is 0.171 e. The molecule has 6 rings (SSSR count). The lowest BCUT2D eigenvalue weighted by atomic mass is 9.76. The number of carbonyl (C=O) groups is 1. The molecule has 0 aliphatic carbocycles. The van der Waals surface area contributed by atoms with Crippen LogP contribution in [0.1, 0.15) is 47.2 Å². The van der Waals surface area contributed by atoms with Crippen LogP contribution in [0.25, 0.3) is 11.1 Å². The Hall–Kier alpha value is -5.86. The summed E-state index contributed by atoms with van der Waals surface area (Å²) in [4.78, 5) is 11.4. The van der Waals surface area contributed by atoms with Gasteiger partial charge in [0.15, 0.2) is 5.84 Å². The average molecular weight is 704 g/mol. The number of hydrogen-bond donors (Lipinski definition) is 3. The Morgan fingerprint density at radius 1 is 0.698 bits per heavy atom. The second-order valence-electron chi connectivity index (χ2n) is 13.1. The molecule has 270 valence electrons. The Balaban J connectivity index is 0.000000526. The van der Waals surface area contributed by atoms with E-state index in [1.165, 1.54) is 5.56 Å². The number of ether oxygens (including phenoxy) is 1. The first-order valence-electron chi connectivity index (χ1n) is 17.8. The van der Waals surface area contributed by atoms with Gasteiger partial charge in [-0.05, 0) is 44.9 Å². The molecule has 7 nitrogen and oxygen atoms in total. The van der Waals surface area contributed by atoms with Crippen molar-refractivity contribution in [3.8, 4) is 11.1 Å². The summed E-state index contributed by atoms with van der Waals surface area (Å²) in [6.45, 7) is 5.38. The largest absolute Gasteiger partial charge is 0.380 e. The first-order chi connectivity index (χ1) is 25.9. The minimum atomic E-state index is -0.948. The molecule has 0 fully saturated rings. The summed E-state index contributed by atoms with van der Waals surface area (Å²) >= 11 is 0. The van der Waals surface area contributed by atoms with E-state index in [4.69, 9.17) is 16.4 Å². The molecule has 0 aliphatic rings. The average Bonchev–Trinajstić information content (AvgIpc) is 3.21. The first-order valence-corrected chi connectivity index (χ1v) is 17.8. The number of amidine groups is 1. The Labute approximate surface area is 313 Å². The molecule has 6 aromatic carbocycles. The van der Waals surface area contributed by atoms with Crippen molar-refractivity contribution in [3.63, 3.8) is 0 Å². The van der Waals surface area contributed by atoms with Crippen LogP contribution in [0.2, 0.25) is 0 Å². The molecule has 0 bridgehead atoms. The molecule has 53 heavy (non-hydrogen) atoms. The number of hydrazine groups is 1. The van der Waals surface area contributed by atoms with Crippen molar-refractivity contribution < 1.29 is 9.53 Å². The molecule has 1 unspecified atom stereocenters. The number of nitrogens with zero attached hydrogens (tertiary/aromatic N) is 2. The topological polar surface area (TPSA) is 106 Å². The fourth-order valence-electron chi connectivity index (χ4n) is 6.53. The quantitative estimate of drug-likeness (QED) is 0.0279. The highest BCUT2D eigenvalue weighted by atomic mass is 16.5. The number of hydrogen-bond acceptors (Lipinski definition) is 6. The molecule has 1 atom stereocenters.